The molecule has 2 heterocycles. The van der Waals surface area contributed by atoms with E-state index in [1.807, 2.05) is 0 Å². The lowest BCUT2D eigenvalue weighted by Gasteiger charge is -2.33. The number of hydrogen-bond acceptors (Lipinski definition) is 2. The van der Waals surface area contributed by atoms with Gasteiger partial charge in [-0.3, -0.25) is 0 Å². The second kappa shape index (κ2) is 5.75. The predicted molar refractivity (Wildman–Crippen MR) is 101 cm³/mol. The molecule has 1 aromatic rings. The molecular weight excluding hydrogens is 299 g/mol. The largest absolute Gasteiger partial charge is 0.494 e. The quantitative estimate of drug-likeness (QED) is 0.740. The molecule has 0 aliphatic carbocycles. The highest BCUT2D eigenvalue weighted by atomic mass is 28.3. The highest BCUT2D eigenvalue weighted by Crippen LogP contribution is 2.39. The second-order valence-corrected chi connectivity index (χ2v) is 14.5. The van der Waals surface area contributed by atoms with Gasteiger partial charge in [-0.05, 0) is 57.5 Å². The minimum absolute atomic E-state index is 0.244. The van der Waals surface area contributed by atoms with Crippen molar-refractivity contribution in [3.8, 4) is 0 Å². The van der Waals surface area contributed by atoms with E-state index in [1.165, 1.54) is 30.5 Å². The van der Waals surface area contributed by atoms with Gasteiger partial charge < -0.3 is 9.31 Å². The molecule has 2 fully saturated rings. The summed E-state index contributed by atoms with van der Waals surface area (Å²) < 4.78 is 12.3. The first kappa shape index (κ1) is 17.3. The van der Waals surface area contributed by atoms with Crippen molar-refractivity contribution >= 4 is 20.7 Å². The summed E-state index contributed by atoms with van der Waals surface area (Å²) >= 11 is 0. The van der Waals surface area contributed by atoms with Crippen LogP contribution in [-0.4, -0.2) is 26.4 Å². The third-order valence-corrected chi connectivity index (χ3v) is 9.56. The molecule has 2 aliphatic rings. The molecule has 0 aromatic heterocycles. The Morgan fingerprint density at radius 2 is 1.39 bits per heavy atom. The summed E-state index contributed by atoms with van der Waals surface area (Å²) in [6, 6.07) is 11.9. The van der Waals surface area contributed by atoms with Crippen molar-refractivity contribution in [2.75, 3.05) is 0 Å². The Labute approximate surface area is 143 Å². The van der Waals surface area contributed by atoms with Crippen LogP contribution in [0.25, 0.3) is 0 Å². The third kappa shape index (κ3) is 3.45. The van der Waals surface area contributed by atoms with Gasteiger partial charge in [0.25, 0.3) is 0 Å². The smallest absolute Gasteiger partial charge is 0.399 e. The molecular formula is C19H31BO2Si. The zero-order chi connectivity index (χ0) is 16.9. The van der Waals surface area contributed by atoms with Gasteiger partial charge in [0.1, 0.15) is 0 Å². The van der Waals surface area contributed by atoms with E-state index in [9.17, 15) is 0 Å². The van der Waals surface area contributed by atoms with Crippen LogP contribution in [0.2, 0.25) is 25.2 Å². The molecule has 3 rings (SSSR count). The Kier molecular flexibility index (Phi) is 4.31. The molecule has 126 valence electrons. The monoisotopic (exact) mass is 330 g/mol. The van der Waals surface area contributed by atoms with Crippen LogP contribution in [0.3, 0.4) is 0 Å². The molecule has 0 saturated carbocycles. The van der Waals surface area contributed by atoms with Gasteiger partial charge in [-0.1, -0.05) is 49.4 Å². The Morgan fingerprint density at radius 1 is 0.913 bits per heavy atom. The van der Waals surface area contributed by atoms with E-state index < -0.39 is 8.07 Å². The molecule has 0 bridgehead atoms. The maximum Gasteiger partial charge on any atom is 0.494 e. The average molecular weight is 330 g/mol. The Balaban J connectivity index is 1.69. The topological polar surface area (TPSA) is 18.5 Å². The zero-order valence-electron chi connectivity index (χ0n) is 15.6. The van der Waals surface area contributed by atoms with Crippen molar-refractivity contribution in [3.05, 3.63) is 29.8 Å². The fraction of sp³-hybridized carbons (Fsp3) is 0.684. The number of hydrogen-bond donors (Lipinski definition) is 0. The molecule has 0 unspecified atom stereocenters. The van der Waals surface area contributed by atoms with E-state index in [0.717, 1.165) is 11.4 Å². The molecule has 0 N–H and O–H groups in total. The summed E-state index contributed by atoms with van der Waals surface area (Å²) in [5.74, 6) is 0.753. The SMILES string of the molecule is CC1(C)OB(c2ccc(C3CC[Si](C)(C)CC3)cc2)OC1(C)C. The first-order chi connectivity index (χ1) is 10.6. The van der Waals surface area contributed by atoms with E-state index in [1.54, 1.807) is 0 Å². The van der Waals surface area contributed by atoms with Gasteiger partial charge in [0, 0.05) is 8.07 Å². The van der Waals surface area contributed by atoms with Gasteiger partial charge >= 0.3 is 7.12 Å². The second-order valence-electron chi connectivity index (χ2n) is 9.19. The summed E-state index contributed by atoms with van der Waals surface area (Å²) in [5.41, 5.74) is 2.10. The van der Waals surface area contributed by atoms with Crippen LogP contribution in [0.1, 0.15) is 52.0 Å². The van der Waals surface area contributed by atoms with Crippen LogP contribution in [0.15, 0.2) is 24.3 Å². The predicted octanol–water partition coefficient (Wildman–Crippen LogP) is 4.57. The highest BCUT2D eigenvalue weighted by Gasteiger charge is 2.51. The molecule has 0 amide bonds. The lowest BCUT2D eigenvalue weighted by atomic mass is 9.78. The maximum atomic E-state index is 6.15. The van der Waals surface area contributed by atoms with Crippen LogP contribution in [0, 0.1) is 0 Å². The Morgan fingerprint density at radius 3 is 1.87 bits per heavy atom. The summed E-state index contributed by atoms with van der Waals surface area (Å²) in [5, 5.41) is 0. The average Bonchev–Trinajstić information content (AvgIpc) is 2.68. The first-order valence-corrected chi connectivity index (χ1v) is 12.5. The molecule has 2 aliphatic heterocycles. The highest BCUT2D eigenvalue weighted by molar-refractivity contribution is 6.77. The molecule has 0 spiro atoms. The van der Waals surface area contributed by atoms with E-state index >= 15 is 0 Å². The maximum absolute atomic E-state index is 6.15. The molecule has 2 saturated heterocycles. The van der Waals surface area contributed by atoms with Crippen LogP contribution in [0.4, 0.5) is 0 Å². The van der Waals surface area contributed by atoms with Gasteiger partial charge in [0.2, 0.25) is 0 Å². The van der Waals surface area contributed by atoms with Crippen LogP contribution < -0.4 is 5.46 Å². The third-order valence-electron chi connectivity index (χ3n) is 6.27. The molecule has 2 nitrogen and oxygen atoms in total. The minimum atomic E-state index is -0.869. The van der Waals surface area contributed by atoms with E-state index in [0.29, 0.717) is 0 Å². The lowest BCUT2D eigenvalue weighted by molar-refractivity contribution is 0.00578. The molecule has 0 radical (unpaired) electrons. The van der Waals surface area contributed by atoms with E-state index in [4.69, 9.17) is 9.31 Å². The van der Waals surface area contributed by atoms with Gasteiger partial charge in [0.15, 0.2) is 0 Å². The fourth-order valence-corrected chi connectivity index (χ4v) is 6.15. The van der Waals surface area contributed by atoms with E-state index in [-0.39, 0.29) is 18.3 Å². The van der Waals surface area contributed by atoms with Crippen LogP contribution in [-0.2, 0) is 9.31 Å². The van der Waals surface area contributed by atoms with Gasteiger partial charge in [-0.15, -0.1) is 0 Å². The van der Waals surface area contributed by atoms with Crippen molar-refractivity contribution in [2.45, 2.75) is 82.8 Å². The van der Waals surface area contributed by atoms with Gasteiger partial charge in [0.05, 0.1) is 11.2 Å². The Bertz CT molecular complexity index is 539. The summed E-state index contributed by atoms with van der Waals surface area (Å²) in [4.78, 5) is 0. The standard InChI is InChI=1S/C19H31BO2Si/c1-18(2)19(3,4)22-20(21-18)17-9-7-15(8-10-17)16-11-13-23(5,6)14-12-16/h7-10,16H,11-14H2,1-6H3. The van der Waals surface area contributed by atoms with Crippen LogP contribution in [0.5, 0.6) is 0 Å². The van der Waals surface area contributed by atoms with Crippen molar-refractivity contribution in [1.29, 1.82) is 0 Å². The molecule has 0 atom stereocenters. The van der Waals surface area contributed by atoms with Gasteiger partial charge in [-0.2, -0.15) is 0 Å². The zero-order valence-corrected chi connectivity index (χ0v) is 16.6. The lowest BCUT2D eigenvalue weighted by Crippen LogP contribution is -2.41. The first-order valence-electron chi connectivity index (χ1n) is 9.05. The Hall–Kier alpha value is -0.578. The van der Waals surface area contributed by atoms with Crippen molar-refractivity contribution < 1.29 is 9.31 Å². The van der Waals surface area contributed by atoms with Crippen molar-refractivity contribution in [3.63, 3.8) is 0 Å². The van der Waals surface area contributed by atoms with E-state index in [2.05, 4.69) is 65.1 Å². The molecule has 1 aromatic carbocycles. The number of rotatable bonds is 2. The van der Waals surface area contributed by atoms with Crippen molar-refractivity contribution in [2.24, 2.45) is 0 Å². The summed E-state index contributed by atoms with van der Waals surface area (Å²) in [6.07, 6.45) is 2.74. The summed E-state index contributed by atoms with van der Waals surface area (Å²) in [6.45, 7) is 13.5. The molecule has 4 heteroatoms. The van der Waals surface area contributed by atoms with Crippen molar-refractivity contribution in [1.82, 2.24) is 0 Å². The summed E-state index contributed by atoms with van der Waals surface area (Å²) in [7, 11) is -1.11. The van der Waals surface area contributed by atoms with Gasteiger partial charge in [-0.25, -0.2) is 0 Å². The minimum Gasteiger partial charge on any atom is -0.399 e. The fourth-order valence-electron chi connectivity index (χ4n) is 3.64. The normalized spacial score (nSPS) is 26.4. The molecule has 23 heavy (non-hydrogen) atoms. The number of benzene rings is 1. The van der Waals surface area contributed by atoms with Crippen LogP contribution >= 0.6 is 0 Å².